The fraction of sp³-hybridized carbons (Fsp3) is 0.861. The number of rotatable bonds is 19. The number of nitrogens with one attached hydrogen (secondary N) is 1. The summed E-state index contributed by atoms with van der Waals surface area (Å²) in [4.78, 5) is 57.4. The minimum Gasteiger partial charge on any atom is -0.465 e. The van der Waals surface area contributed by atoms with Gasteiger partial charge in [0.2, 0.25) is 5.91 Å². The molecular weight excluding hydrogens is 748 g/mol. The van der Waals surface area contributed by atoms with Gasteiger partial charge in [-0.05, 0) is 128 Å². The summed E-state index contributed by atoms with van der Waals surface area (Å²) in [6.07, 6.45) is 13.5. The SMILES string of the molecule is CCC=CCC(=O)N[C@@H]1CC[C@@]2(C)C(CC(O)C3C2CC[C@@]2(C)C3CCC2[C@H](C)CC(=O)CCOC(=O)CCOP(O)(=S)OCOP(O)(=S)OC)C1. The van der Waals surface area contributed by atoms with E-state index in [0.29, 0.717) is 36.5 Å². The van der Waals surface area contributed by atoms with Crippen molar-refractivity contribution in [3.05, 3.63) is 12.2 Å². The standard InChI is InChI=1S/C36H61NO11P2S2/c1-6-7-8-9-32(40)37-26-12-16-35(3)25(21-26)22-31(39)34-29-11-10-28(36(29,4)17-13-30(34)35)24(2)20-27(38)14-18-45-33(41)15-19-46-50(43,52)48-23-47-49(42,51)44-5/h7-8,24-26,28-31,34,39H,6,9-23H2,1-5H3,(H,37,40)(H,42,51)(H,43,52)/t24-,25?,26-,28?,29?,30?,31?,34?,35+,36-,49?,50?/m1/s1. The van der Waals surface area contributed by atoms with Crippen molar-refractivity contribution >= 4 is 54.7 Å². The normalized spacial score (nSPS) is 35.7. The van der Waals surface area contributed by atoms with Crippen molar-refractivity contribution in [1.82, 2.24) is 5.32 Å². The Bertz CT molecular complexity index is 1390. The Labute approximate surface area is 320 Å². The van der Waals surface area contributed by atoms with E-state index in [9.17, 15) is 29.3 Å². The van der Waals surface area contributed by atoms with Gasteiger partial charge in [0.1, 0.15) is 5.78 Å². The molecule has 1 amide bonds. The molecule has 52 heavy (non-hydrogen) atoms. The molecule has 0 bridgehead atoms. The Hall–Kier alpha value is -0.630. The second-order valence-electron chi connectivity index (χ2n) is 15.9. The molecule has 0 aromatic rings. The number of ether oxygens (including phenoxy) is 1. The molecule has 4 aliphatic rings. The molecule has 12 nitrogen and oxygen atoms in total. The molecule has 4 saturated carbocycles. The summed E-state index contributed by atoms with van der Waals surface area (Å²) in [6, 6.07) is 0.177. The van der Waals surface area contributed by atoms with E-state index >= 15 is 0 Å². The first-order valence-electron chi connectivity index (χ1n) is 18.9. The summed E-state index contributed by atoms with van der Waals surface area (Å²) in [5.74, 6) is 1.68. The lowest BCUT2D eigenvalue weighted by Crippen LogP contribution is -2.59. The van der Waals surface area contributed by atoms with Crippen LogP contribution in [-0.4, -0.2) is 71.8 Å². The van der Waals surface area contributed by atoms with Crippen molar-refractivity contribution in [1.29, 1.82) is 0 Å². The number of esters is 1. The maximum atomic E-state index is 13.0. The van der Waals surface area contributed by atoms with E-state index in [1.54, 1.807) is 0 Å². The van der Waals surface area contributed by atoms with Gasteiger partial charge in [-0.15, -0.1) is 0 Å². The molecule has 12 atom stereocenters. The molecule has 4 N–H and O–H groups in total. The number of carbonyl (C=O) groups excluding carboxylic acids is 3. The van der Waals surface area contributed by atoms with E-state index in [-0.39, 0.29) is 72.6 Å². The number of amides is 1. The lowest BCUT2D eigenvalue weighted by molar-refractivity contribution is -0.167. The van der Waals surface area contributed by atoms with E-state index in [4.69, 9.17) is 30.1 Å². The minimum atomic E-state index is -3.74. The highest BCUT2D eigenvalue weighted by Gasteiger charge is 2.63. The van der Waals surface area contributed by atoms with Crippen LogP contribution in [0.5, 0.6) is 0 Å². The van der Waals surface area contributed by atoms with Crippen LogP contribution < -0.4 is 5.32 Å². The lowest BCUT2D eigenvalue weighted by atomic mass is 9.43. The van der Waals surface area contributed by atoms with Gasteiger partial charge in [-0.1, -0.05) is 39.8 Å². The number of hydrogen-bond donors (Lipinski definition) is 4. The van der Waals surface area contributed by atoms with Crippen LogP contribution in [0.2, 0.25) is 0 Å². The van der Waals surface area contributed by atoms with E-state index in [1.165, 1.54) is 7.11 Å². The average molecular weight is 810 g/mol. The van der Waals surface area contributed by atoms with Gasteiger partial charge in [-0.2, -0.15) is 0 Å². The first-order valence-corrected chi connectivity index (χ1v) is 24.1. The molecule has 298 valence electrons. The molecular formula is C36H61NO11P2S2. The summed E-state index contributed by atoms with van der Waals surface area (Å²) < 4.78 is 24.6. The Balaban J connectivity index is 1.21. The molecule has 4 fully saturated rings. The van der Waals surface area contributed by atoms with Crippen LogP contribution in [-0.2, 0) is 60.8 Å². The summed E-state index contributed by atoms with van der Waals surface area (Å²) in [5, 5.41) is 15.0. The number of aliphatic hydroxyl groups is 1. The van der Waals surface area contributed by atoms with Crippen LogP contribution in [0.15, 0.2) is 12.2 Å². The van der Waals surface area contributed by atoms with Crippen molar-refractivity contribution in [2.24, 2.45) is 46.3 Å². The summed E-state index contributed by atoms with van der Waals surface area (Å²) in [5.41, 5.74) is 0.233. The first-order chi connectivity index (χ1) is 24.4. The largest absolute Gasteiger partial charge is 0.465 e. The smallest absolute Gasteiger partial charge is 0.326 e. The number of aliphatic hydroxyl groups excluding tert-OH is 1. The second-order valence-corrected chi connectivity index (χ2v) is 21.7. The fourth-order valence-corrected chi connectivity index (χ4v) is 11.9. The molecule has 0 spiro atoms. The Morgan fingerprint density at radius 3 is 2.33 bits per heavy atom. The highest BCUT2D eigenvalue weighted by atomic mass is 32.5. The Kier molecular flexibility index (Phi) is 16.1. The van der Waals surface area contributed by atoms with Gasteiger partial charge >= 0.3 is 19.4 Å². The first kappa shape index (κ1) is 44.1. The van der Waals surface area contributed by atoms with Crippen LogP contribution in [0.4, 0.5) is 0 Å². The van der Waals surface area contributed by atoms with Gasteiger partial charge in [0.15, 0.2) is 6.79 Å². The van der Waals surface area contributed by atoms with Gasteiger partial charge in [0, 0.05) is 32.4 Å². The van der Waals surface area contributed by atoms with Crippen LogP contribution in [0.25, 0.3) is 0 Å². The molecule has 0 radical (unpaired) electrons. The van der Waals surface area contributed by atoms with Crippen molar-refractivity contribution < 1.29 is 52.1 Å². The van der Waals surface area contributed by atoms with Gasteiger partial charge in [0.25, 0.3) is 0 Å². The number of ketones is 1. The second kappa shape index (κ2) is 19.0. The van der Waals surface area contributed by atoms with Crippen molar-refractivity contribution in [3.63, 3.8) is 0 Å². The van der Waals surface area contributed by atoms with Crippen LogP contribution in [0.1, 0.15) is 111 Å². The van der Waals surface area contributed by atoms with Gasteiger partial charge < -0.3 is 34.0 Å². The topological polar surface area (TPSA) is 170 Å². The molecule has 16 heteroatoms. The average Bonchev–Trinajstić information content (AvgIpc) is 3.42. The highest BCUT2D eigenvalue weighted by Crippen LogP contribution is 2.68. The lowest BCUT2D eigenvalue weighted by Gasteiger charge is -2.62. The fourth-order valence-electron chi connectivity index (χ4n) is 10.4. The Morgan fingerprint density at radius 1 is 0.923 bits per heavy atom. The third kappa shape index (κ3) is 11.2. The summed E-state index contributed by atoms with van der Waals surface area (Å²) in [7, 11) is 1.17. The molecule has 8 unspecified atom stereocenters. The maximum absolute atomic E-state index is 13.0. The summed E-state index contributed by atoms with van der Waals surface area (Å²) in [6.45, 7) is 0.947. The number of carbonyl (C=O) groups is 3. The number of fused-ring (bicyclic) bond motifs is 5. The van der Waals surface area contributed by atoms with Crippen molar-refractivity contribution in [3.8, 4) is 0 Å². The van der Waals surface area contributed by atoms with Gasteiger partial charge in [0.05, 0.1) is 25.7 Å². The molecule has 0 aromatic heterocycles. The van der Waals surface area contributed by atoms with Crippen molar-refractivity contribution in [2.45, 2.75) is 123 Å². The Morgan fingerprint density at radius 2 is 1.62 bits per heavy atom. The van der Waals surface area contributed by atoms with Crippen LogP contribution in [0, 0.1) is 46.3 Å². The van der Waals surface area contributed by atoms with Gasteiger partial charge in [-0.25, -0.2) is 0 Å². The summed E-state index contributed by atoms with van der Waals surface area (Å²) >= 11 is 9.48. The van der Waals surface area contributed by atoms with Gasteiger partial charge in [-0.3, -0.25) is 23.4 Å². The van der Waals surface area contributed by atoms with E-state index < -0.39 is 26.2 Å². The van der Waals surface area contributed by atoms with Crippen molar-refractivity contribution in [2.75, 3.05) is 27.1 Å². The third-order valence-electron chi connectivity index (χ3n) is 12.9. The molecule has 4 aliphatic carbocycles. The molecule has 0 heterocycles. The molecule has 0 saturated heterocycles. The van der Waals surface area contributed by atoms with E-state index in [1.807, 2.05) is 12.2 Å². The van der Waals surface area contributed by atoms with Crippen LogP contribution >= 0.6 is 13.4 Å². The number of Topliss-reactive ketones (excluding diaryl/α,β-unsaturated/α-hetero) is 1. The van der Waals surface area contributed by atoms with E-state index in [0.717, 1.165) is 57.8 Å². The zero-order valence-electron chi connectivity index (χ0n) is 31.4. The molecule has 0 aliphatic heterocycles. The minimum absolute atomic E-state index is 0.0408. The van der Waals surface area contributed by atoms with E-state index in [2.05, 4.69) is 49.3 Å². The third-order valence-corrected chi connectivity index (χ3v) is 16.2. The zero-order valence-corrected chi connectivity index (χ0v) is 34.8. The number of allylic oxidation sites excluding steroid dienone is 1. The van der Waals surface area contributed by atoms with Crippen LogP contribution in [0.3, 0.4) is 0 Å². The molecule has 4 rings (SSSR count). The predicted octanol–water partition coefficient (Wildman–Crippen LogP) is 6.46. The maximum Gasteiger partial charge on any atom is 0.326 e. The predicted molar refractivity (Wildman–Crippen MR) is 205 cm³/mol. The number of hydrogen-bond acceptors (Lipinski definition) is 11. The quantitative estimate of drug-likeness (QED) is 0.0486. The monoisotopic (exact) mass is 809 g/mol. The zero-order chi connectivity index (χ0) is 38.3. The highest BCUT2D eigenvalue weighted by molar-refractivity contribution is 8.07. The molecule has 0 aromatic carbocycles.